The number of rotatable bonds is 2. The van der Waals surface area contributed by atoms with Crippen molar-refractivity contribution in [1.82, 2.24) is 4.90 Å². The fourth-order valence-corrected chi connectivity index (χ4v) is 1.01. The molecule has 3 heteroatoms. The van der Waals surface area contributed by atoms with Crippen LogP contribution in [-0.2, 0) is 4.74 Å². The van der Waals surface area contributed by atoms with Crippen molar-refractivity contribution >= 4 is 0 Å². The van der Waals surface area contributed by atoms with Gasteiger partial charge in [-0.3, -0.25) is 0 Å². The summed E-state index contributed by atoms with van der Waals surface area (Å²) in [4.78, 5) is 2.15. The number of aliphatic hydroxyl groups excluding tert-OH is 1. The van der Waals surface area contributed by atoms with E-state index in [9.17, 15) is 0 Å². The summed E-state index contributed by atoms with van der Waals surface area (Å²) in [5.41, 5.74) is 0. The lowest BCUT2D eigenvalue weighted by atomic mass is 10.2. The number of hydrogen-bond acceptors (Lipinski definition) is 3. The van der Waals surface area contributed by atoms with Gasteiger partial charge in [-0.05, 0) is 14.0 Å². The minimum Gasteiger partial charge on any atom is -0.368 e. The molecule has 0 aromatic heterocycles. The Balaban J connectivity index is 2.04. The second-order valence-corrected chi connectivity index (χ2v) is 2.58. The van der Waals surface area contributed by atoms with Gasteiger partial charge in [0.05, 0.1) is 6.10 Å². The highest BCUT2D eigenvalue weighted by molar-refractivity contribution is 4.76. The lowest BCUT2D eigenvalue weighted by Gasteiger charge is -2.36. The fraction of sp³-hybridized carbons (Fsp3) is 1.00. The first-order valence-electron chi connectivity index (χ1n) is 3.20. The van der Waals surface area contributed by atoms with E-state index in [0.29, 0.717) is 0 Å². The molecular weight excluding hydrogens is 118 g/mol. The average molecular weight is 131 g/mol. The summed E-state index contributed by atoms with van der Waals surface area (Å²) in [7, 11) is 2.03. The normalized spacial score (nSPS) is 25.7. The Kier molecular flexibility index (Phi) is 2.05. The highest BCUT2D eigenvalue weighted by atomic mass is 16.6. The minimum atomic E-state index is -0.608. The Labute approximate surface area is 55.2 Å². The van der Waals surface area contributed by atoms with Crippen LogP contribution in [0.4, 0.5) is 0 Å². The topological polar surface area (TPSA) is 32.7 Å². The van der Waals surface area contributed by atoms with Crippen molar-refractivity contribution in [3.05, 3.63) is 0 Å². The Morgan fingerprint density at radius 3 is 2.56 bits per heavy atom. The predicted molar refractivity (Wildman–Crippen MR) is 34.1 cm³/mol. The van der Waals surface area contributed by atoms with Crippen LogP contribution in [0.1, 0.15) is 6.92 Å². The number of hydrogen-bond donors (Lipinski definition) is 1. The Morgan fingerprint density at radius 1 is 1.67 bits per heavy atom. The van der Waals surface area contributed by atoms with Crippen molar-refractivity contribution < 1.29 is 9.84 Å². The molecule has 1 atom stereocenters. The number of ether oxygens (including phenoxy) is 1. The molecule has 1 heterocycles. The molecule has 9 heavy (non-hydrogen) atoms. The molecule has 0 aromatic rings. The molecule has 1 rings (SSSR count). The van der Waals surface area contributed by atoms with Gasteiger partial charge in [-0.25, -0.2) is 0 Å². The third-order valence-electron chi connectivity index (χ3n) is 1.42. The molecule has 1 N–H and O–H groups in total. The number of aliphatic hydroxyl groups is 1. The Bertz CT molecular complexity index is 89.1. The summed E-state index contributed by atoms with van der Waals surface area (Å²) in [6, 6.07) is 0. The van der Waals surface area contributed by atoms with Gasteiger partial charge in [-0.15, -0.1) is 0 Å². The number of likely N-dealkylation sites (tertiary alicyclic amines) is 1. The van der Waals surface area contributed by atoms with Crippen LogP contribution < -0.4 is 0 Å². The molecule has 1 unspecified atom stereocenters. The van der Waals surface area contributed by atoms with Crippen LogP contribution in [0, 0.1) is 0 Å². The molecule has 0 radical (unpaired) electrons. The van der Waals surface area contributed by atoms with Crippen LogP contribution in [0.3, 0.4) is 0 Å². The highest BCUT2D eigenvalue weighted by Gasteiger charge is 2.24. The number of likely N-dealkylation sites (N-methyl/N-ethyl adjacent to an activating group) is 1. The first kappa shape index (κ1) is 6.99. The van der Waals surface area contributed by atoms with Crippen molar-refractivity contribution in [3.8, 4) is 0 Å². The van der Waals surface area contributed by atoms with Crippen LogP contribution in [-0.4, -0.2) is 42.5 Å². The van der Waals surface area contributed by atoms with Gasteiger partial charge in [0.1, 0.15) is 0 Å². The third-order valence-corrected chi connectivity index (χ3v) is 1.42. The second kappa shape index (κ2) is 2.64. The van der Waals surface area contributed by atoms with Crippen molar-refractivity contribution in [2.45, 2.75) is 19.3 Å². The van der Waals surface area contributed by atoms with Gasteiger partial charge < -0.3 is 14.7 Å². The Morgan fingerprint density at radius 2 is 2.22 bits per heavy atom. The highest BCUT2D eigenvalue weighted by Crippen LogP contribution is 2.09. The lowest BCUT2D eigenvalue weighted by molar-refractivity contribution is -0.160. The largest absolute Gasteiger partial charge is 0.368 e. The summed E-state index contributed by atoms with van der Waals surface area (Å²) in [6.45, 7) is 3.54. The molecule has 0 bridgehead atoms. The summed E-state index contributed by atoms with van der Waals surface area (Å²) in [5, 5.41) is 8.73. The van der Waals surface area contributed by atoms with E-state index < -0.39 is 6.29 Å². The van der Waals surface area contributed by atoms with Crippen molar-refractivity contribution in [1.29, 1.82) is 0 Å². The first-order chi connectivity index (χ1) is 4.18. The monoisotopic (exact) mass is 131 g/mol. The van der Waals surface area contributed by atoms with Crippen LogP contribution in [0.2, 0.25) is 0 Å². The maximum Gasteiger partial charge on any atom is 0.152 e. The maximum atomic E-state index is 8.73. The molecule has 1 aliphatic rings. The van der Waals surface area contributed by atoms with E-state index in [1.165, 1.54) is 0 Å². The predicted octanol–water partition coefficient (Wildman–Crippen LogP) is -0.345. The second-order valence-electron chi connectivity index (χ2n) is 2.58. The van der Waals surface area contributed by atoms with E-state index in [0.717, 1.165) is 13.1 Å². The zero-order valence-electron chi connectivity index (χ0n) is 5.87. The van der Waals surface area contributed by atoms with E-state index in [1.807, 2.05) is 7.05 Å². The van der Waals surface area contributed by atoms with E-state index in [-0.39, 0.29) is 6.10 Å². The van der Waals surface area contributed by atoms with Crippen LogP contribution in [0.5, 0.6) is 0 Å². The molecule has 1 aliphatic heterocycles. The Hall–Kier alpha value is -0.120. The van der Waals surface area contributed by atoms with E-state index in [1.54, 1.807) is 6.92 Å². The fourth-order valence-electron chi connectivity index (χ4n) is 1.01. The van der Waals surface area contributed by atoms with E-state index in [4.69, 9.17) is 9.84 Å². The molecule has 3 nitrogen and oxygen atoms in total. The quantitative estimate of drug-likeness (QED) is 0.520. The van der Waals surface area contributed by atoms with Gasteiger partial charge in [0.2, 0.25) is 0 Å². The van der Waals surface area contributed by atoms with E-state index in [2.05, 4.69) is 4.90 Å². The van der Waals surface area contributed by atoms with Crippen LogP contribution in [0.15, 0.2) is 0 Å². The summed E-state index contributed by atoms with van der Waals surface area (Å²) in [5.74, 6) is 0. The molecule has 1 fully saturated rings. The smallest absolute Gasteiger partial charge is 0.152 e. The molecule has 0 aliphatic carbocycles. The molecule has 0 aromatic carbocycles. The zero-order valence-corrected chi connectivity index (χ0v) is 5.87. The van der Waals surface area contributed by atoms with Gasteiger partial charge >= 0.3 is 0 Å². The SMILES string of the molecule is CC(O)OC1CN(C)C1. The molecule has 0 spiro atoms. The minimum absolute atomic E-state index is 0.259. The molecule has 0 amide bonds. The third kappa shape index (κ3) is 1.93. The first-order valence-corrected chi connectivity index (χ1v) is 3.20. The van der Waals surface area contributed by atoms with Gasteiger partial charge in [-0.1, -0.05) is 0 Å². The van der Waals surface area contributed by atoms with Crippen LogP contribution >= 0.6 is 0 Å². The lowest BCUT2D eigenvalue weighted by Crippen LogP contribution is -2.50. The van der Waals surface area contributed by atoms with Crippen LogP contribution in [0.25, 0.3) is 0 Å². The molecule has 54 valence electrons. The van der Waals surface area contributed by atoms with Gasteiger partial charge in [0.15, 0.2) is 6.29 Å². The van der Waals surface area contributed by atoms with E-state index >= 15 is 0 Å². The maximum absolute atomic E-state index is 8.73. The summed E-state index contributed by atoms with van der Waals surface area (Å²) < 4.78 is 5.07. The van der Waals surface area contributed by atoms with Gasteiger partial charge in [-0.2, -0.15) is 0 Å². The molecule has 0 saturated carbocycles. The van der Waals surface area contributed by atoms with Crippen molar-refractivity contribution in [2.24, 2.45) is 0 Å². The van der Waals surface area contributed by atoms with Crippen molar-refractivity contribution in [3.63, 3.8) is 0 Å². The average Bonchev–Trinajstić information content (AvgIpc) is 1.60. The summed E-state index contributed by atoms with van der Waals surface area (Å²) in [6.07, 6.45) is -0.348. The zero-order chi connectivity index (χ0) is 6.85. The summed E-state index contributed by atoms with van der Waals surface area (Å²) >= 11 is 0. The van der Waals surface area contributed by atoms with Gasteiger partial charge in [0.25, 0.3) is 0 Å². The van der Waals surface area contributed by atoms with Crippen molar-refractivity contribution in [2.75, 3.05) is 20.1 Å². The molecular formula is C6H13NO2. The standard InChI is InChI=1S/C6H13NO2/c1-5(8)9-6-3-7(2)4-6/h5-6,8H,3-4H2,1-2H3. The molecule has 1 saturated heterocycles. The number of nitrogens with zero attached hydrogens (tertiary/aromatic N) is 1. The van der Waals surface area contributed by atoms with Gasteiger partial charge in [0, 0.05) is 13.1 Å².